The monoisotopic (exact) mass is 472 g/mol. The number of imidazole rings is 1. The zero-order chi connectivity index (χ0) is 24.6. The van der Waals surface area contributed by atoms with Crippen molar-refractivity contribution >= 4 is 11.6 Å². The van der Waals surface area contributed by atoms with E-state index in [9.17, 15) is 9.90 Å². The first-order valence-electron chi connectivity index (χ1n) is 11.6. The lowest BCUT2D eigenvalue weighted by atomic mass is 9.98. The van der Waals surface area contributed by atoms with Crippen molar-refractivity contribution in [2.75, 3.05) is 19.7 Å². The van der Waals surface area contributed by atoms with Crippen LogP contribution in [0.25, 0.3) is 11.4 Å². The zero-order valence-electron chi connectivity index (χ0n) is 19.5. The largest absolute Gasteiger partial charge is 0.489 e. The van der Waals surface area contributed by atoms with Gasteiger partial charge >= 0.3 is 0 Å². The highest BCUT2D eigenvalue weighted by Crippen LogP contribution is 2.23. The molecule has 2 unspecified atom stereocenters. The summed E-state index contributed by atoms with van der Waals surface area (Å²) in [5.74, 6) is 1.14. The van der Waals surface area contributed by atoms with Crippen molar-refractivity contribution in [1.82, 2.24) is 20.7 Å². The molecule has 180 valence electrons. The summed E-state index contributed by atoms with van der Waals surface area (Å²) < 4.78 is 5.59. The van der Waals surface area contributed by atoms with Crippen molar-refractivity contribution in [2.24, 2.45) is 11.0 Å². The highest BCUT2D eigenvalue weighted by atomic mass is 16.5. The lowest BCUT2D eigenvalue weighted by Gasteiger charge is -2.17. The molecule has 0 radical (unpaired) electrons. The summed E-state index contributed by atoms with van der Waals surface area (Å²) in [6, 6.07) is 17.1. The molecular formula is C26H28N6O3. The molecule has 0 bridgehead atoms. The minimum absolute atomic E-state index is 0.0142. The summed E-state index contributed by atoms with van der Waals surface area (Å²) in [6.45, 7) is 3.09. The molecule has 1 aliphatic rings. The Hall–Kier alpha value is -4.00. The van der Waals surface area contributed by atoms with Crippen LogP contribution in [0.5, 0.6) is 5.75 Å². The average molecular weight is 473 g/mol. The van der Waals surface area contributed by atoms with E-state index in [1.165, 1.54) is 0 Å². The average Bonchev–Trinajstić information content (AvgIpc) is 3.35. The fraction of sp³-hybridized carbons (Fsp3) is 0.308. The number of hydrogen-bond acceptors (Lipinski definition) is 7. The van der Waals surface area contributed by atoms with E-state index in [0.29, 0.717) is 30.8 Å². The molecule has 2 aromatic carbocycles. The number of nitrogens with one attached hydrogen (secondary N) is 3. The maximum absolute atomic E-state index is 11.5. The van der Waals surface area contributed by atoms with Gasteiger partial charge in [0.05, 0.1) is 23.2 Å². The second kappa shape index (κ2) is 11.4. The molecule has 0 spiro atoms. The predicted octanol–water partition coefficient (Wildman–Crippen LogP) is 2.38. The second-order valence-corrected chi connectivity index (χ2v) is 8.47. The first kappa shape index (κ1) is 24.1. The molecule has 1 amide bonds. The van der Waals surface area contributed by atoms with E-state index in [2.05, 4.69) is 37.9 Å². The van der Waals surface area contributed by atoms with Crippen molar-refractivity contribution in [3.63, 3.8) is 0 Å². The van der Waals surface area contributed by atoms with Gasteiger partial charge in [0, 0.05) is 24.4 Å². The predicted molar refractivity (Wildman–Crippen MR) is 132 cm³/mol. The van der Waals surface area contributed by atoms with Crippen LogP contribution in [-0.2, 0) is 11.2 Å². The third kappa shape index (κ3) is 6.12. The van der Waals surface area contributed by atoms with E-state index in [-0.39, 0.29) is 18.4 Å². The number of aromatic nitrogens is 2. The van der Waals surface area contributed by atoms with Gasteiger partial charge in [-0.05, 0) is 30.7 Å². The van der Waals surface area contributed by atoms with Gasteiger partial charge in [0.25, 0.3) is 0 Å². The van der Waals surface area contributed by atoms with Gasteiger partial charge in [-0.2, -0.15) is 10.4 Å². The van der Waals surface area contributed by atoms with Crippen LogP contribution in [0.3, 0.4) is 0 Å². The number of nitrogens with zero attached hydrogens (tertiary/aromatic N) is 3. The fourth-order valence-electron chi connectivity index (χ4n) is 3.96. The first-order valence-corrected chi connectivity index (χ1v) is 11.6. The molecule has 0 saturated carbocycles. The van der Waals surface area contributed by atoms with Gasteiger partial charge in [-0.25, -0.2) is 10.4 Å². The maximum Gasteiger partial charge on any atom is 0.240 e. The first-order chi connectivity index (χ1) is 17.0. The van der Waals surface area contributed by atoms with Crippen LogP contribution in [0.4, 0.5) is 0 Å². The maximum atomic E-state index is 11.5. The Balaban J connectivity index is 1.30. The smallest absolute Gasteiger partial charge is 0.240 e. The van der Waals surface area contributed by atoms with E-state index >= 15 is 0 Å². The quantitative estimate of drug-likeness (QED) is 0.335. The Kier molecular flexibility index (Phi) is 7.88. The number of aliphatic hydroxyl groups excluding tert-OH is 1. The molecule has 9 nitrogen and oxygen atoms in total. The van der Waals surface area contributed by atoms with Crippen molar-refractivity contribution in [1.29, 1.82) is 5.26 Å². The van der Waals surface area contributed by atoms with Crippen LogP contribution in [0.15, 0.2) is 59.8 Å². The van der Waals surface area contributed by atoms with Gasteiger partial charge in [0.1, 0.15) is 30.4 Å². The molecule has 2 heterocycles. The van der Waals surface area contributed by atoms with Crippen LogP contribution in [-0.4, -0.2) is 52.5 Å². The summed E-state index contributed by atoms with van der Waals surface area (Å²) in [7, 11) is 0. The molecule has 1 aliphatic heterocycles. The lowest BCUT2D eigenvalue weighted by Crippen LogP contribution is -2.32. The van der Waals surface area contributed by atoms with Crippen molar-refractivity contribution in [3.8, 4) is 23.2 Å². The molecular weight excluding hydrogens is 444 g/mol. The third-order valence-electron chi connectivity index (χ3n) is 5.77. The molecule has 0 fully saturated rings. The van der Waals surface area contributed by atoms with Gasteiger partial charge < -0.3 is 20.1 Å². The van der Waals surface area contributed by atoms with E-state index < -0.39 is 6.10 Å². The standard InChI is InChI=1S/C26H28N6O3/c1-17-12-24(34)31-32-25(17)22-15-29-26(30-22)21-8-4-2-6-18(21)10-11-28-14-20(33)16-35-23-9-5-3-7-19(23)13-27/h2-9,15,17,20,28,33H,10-12,14,16H2,1H3,(H,29,30)(H,31,34). The van der Waals surface area contributed by atoms with Crippen molar-refractivity contribution < 1.29 is 14.6 Å². The lowest BCUT2D eigenvalue weighted by molar-refractivity contribution is -0.121. The molecule has 9 heteroatoms. The number of amides is 1. The fourth-order valence-corrected chi connectivity index (χ4v) is 3.96. The van der Waals surface area contributed by atoms with Gasteiger partial charge in [0.15, 0.2) is 0 Å². The van der Waals surface area contributed by atoms with E-state index in [4.69, 9.17) is 10.00 Å². The highest BCUT2D eigenvalue weighted by molar-refractivity contribution is 6.04. The summed E-state index contributed by atoms with van der Waals surface area (Å²) in [5, 5.41) is 26.8. The number of ether oxygens (including phenoxy) is 1. The van der Waals surface area contributed by atoms with Crippen LogP contribution >= 0.6 is 0 Å². The number of carbonyl (C=O) groups excluding carboxylic acids is 1. The van der Waals surface area contributed by atoms with Gasteiger partial charge in [0.2, 0.25) is 5.91 Å². The number of aliphatic hydroxyl groups is 1. The van der Waals surface area contributed by atoms with Gasteiger partial charge in [-0.1, -0.05) is 43.3 Å². The Morgan fingerprint density at radius 3 is 2.89 bits per heavy atom. The molecule has 0 saturated heterocycles. The Morgan fingerprint density at radius 2 is 2.06 bits per heavy atom. The topological polar surface area (TPSA) is 135 Å². The number of nitriles is 1. The minimum Gasteiger partial charge on any atom is -0.489 e. The SMILES string of the molecule is CC1CC(=O)NN=C1c1cnc(-c2ccccc2CCNCC(O)COc2ccccc2C#N)[nH]1. The van der Waals surface area contributed by atoms with Gasteiger partial charge in [-0.3, -0.25) is 4.79 Å². The molecule has 4 N–H and O–H groups in total. The molecule has 4 rings (SSSR count). The number of benzene rings is 2. The highest BCUT2D eigenvalue weighted by Gasteiger charge is 2.23. The van der Waals surface area contributed by atoms with Crippen LogP contribution in [0.1, 0.15) is 30.2 Å². The Bertz CT molecular complexity index is 1250. The zero-order valence-corrected chi connectivity index (χ0v) is 19.5. The summed E-state index contributed by atoms with van der Waals surface area (Å²) >= 11 is 0. The molecule has 0 aliphatic carbocycles. The molecule has 3 aromatic rings. The number of hydrazone groups is 1. The second-order valence-electron chi connectivity index (χ2n) is 8.47. The third-order valence-corrected chi connectivity index (χ3v) is 5.77. The number of aromatic amines is 1. The Labute approximate surface area is 203 Å². The molecule has 1 aromatic heterocycles. The van der Waals surface area contributed by atoms with Crippen molar-refractivity contribution in [2.45, 2.75) is 25.9 Å². The summed E-state index contributed by atoms with van der Waals surface area (Å²) in [6.07, 6.45) is 2.18. The van der Waals surface area contributed by atoms with Crippen LogP contribution < -0.4 is 15.5 Å². The number of para-hydroxylation sites is 1. The summed E-state index contributed by atoms with van der Waals surface area (Å²) in [4.78, 5) is 19.4. The van der Waals surface area contributed by atoms with E-state index in [1.807, 2.05) is 25.1 Å². The number of carbonyl (C=O) groups is 1. The number of hydrogen-bond donors (Lipinski definition) is 4. The Morgan fingerprint density at radius 1 is 1.26 bits per heavy atom. The minimum atomic E-state index is -0.705. The normalized spacial score (nSPS) is 16.2. The number of rotatable bonds is 10. The van der Waals surface area contributed by atoms with Gasteiger partial charge in [-0.15, -0.1) is 0 Å². The molecule has 2 atom stereocenters. The van der Waals surface area contributed by atoms with Crippen LogP contribution in [0.2, 0.25) is 0 Å². The van der Waals surface area contributed by atoms with Crippen molar-refractivity contribution in [3.05, 3.63) is 71.5 Å². The van der Waals surface area contributed by atoms with E-state index in [1.54, 1.807) is 30.5 Å². The molecule has 35 heavy (non-hydrogen) atoms. The van der Waals surface area contributed by atoms with E-state index in [0.717, 1.165) is 34.8 Å². The van der Waals surface area contributed by atoms with Crippen LogP contribution in [0, 0.1) is 17.2 Å². The number of H-pyrrole nitrogens is 1. The summed E-state index contributed by atoms with van der Waals surface area (Å²) in [5.41, 5.74) is 6.67.